The zero-order chi connectivity index (χ0) is 17.0. The van der Waals surface area contributed by atoms with Crippen molar-refractivity contribution in [3.8, 4) is 0 Å². The highest BCUT2D eigenvalue weighted by molar-refractivity contribution is 6.75. The van der Waals surface area contributed by atoms with Gasteiger partial charge in [0.25, 0.3) is 8.32 Å². The first-order valence-electron chi connectivity index (χ1n) is 7.34. The highest BCUT2D eigenvalue weighted by Gasteiger charge is 2.40. The topological polar surface area (TPSA) is 64.6 Å². The Hall–Kier alpha value is -1.82. The maximum atomic E-state index is 12.2. The molecule has 1 aromatic carbocycles. The van der Waals surface area contributed by atoms with E-state index in [-0.39, 0.29) is 11.0 Å². The number of hydrogen-bond donors (Lipinski definition) is 1. The van der Waals surface area contributed by atoms with Crippen molar-refractivity contribution < 1.29 is 18.8 Å². The number of ether oxygens (including phenoxy) is 1. The Kier molecular flexibility index (Phi) is 5.76. The fraction of sp³-hybridized carbons (Fsp3) is 0.500. The molecule has 0 saturated heterocycles. The van der Waals surface area contributed by atoms with E-state index in [1.807, 2.05) is 13.1 Å². The number of amides is 1. The summed E-state index contributed by atoms with van der Waals surface area (Å²) in [5.41, 5.74) is 1.04. The molecule has 0 saturated carbocycles. The minimum Gasteiger partial charge on any atom is -0.516 e. The third kappa shape index (κ3) is 4.87. The highest BCUT2D eigenvalue weighted by Crippen LogP contribution is 2.37. The summed E-state index contributed by atoms with van der Waals surface area (Å²) >= 11 is 0. The lowest BCUT2D eigenvalue weighted by Crippen LogP contribution is -2.42. The Morgan fingerprint density at radius 1 is 1.14 bits per heavy atom. The Morgan fingerprint density at radius 2 is 1.68 bits per heavy atom. The Labute approximate surface area is 133 Å². The molecule has 0 unspecified atom stereocenters. The van der Waals surface area contributed by atoms with Crippen LogP contribution in [-0.2, 0) is 9.16 Å². The van der Waals surface area contributed by atoms with Gasteiger partial charge in [-0.2, -0.15) is 0 Å². The molecule has 0 radical (unpaired) electrons. The van der Waals surface area contributed by atoms with Gasteiger partial charge in [0.05, 0.1) is 12.2 Å². The van der Waals surface area contributed by atoms with Crippen molar-refractivity contribution in [3.63, 3.8) is 0 Å². The number of benzene rings is 1. The molecular formula is C16H25NO4Si. The van der Waals surface area contributed by atoms with E-state index in [0.717, 1.165) is 0 Å². The summed E-state index contributed by atoms with van der Waals surface area (Å²) in [6.07, 6.45) is -0.515. The number of nitrogens with one attached hydrogen (secondary N) is 1. The molecule has 122 valence electrons. The lowest BCUT2D eigenvalue weighted by molar-refractivity contribution is 0.0712. The van der Waals surface area contributed by atoms with Crippen LogP contribution in [0, 0.1) is 0 Å². The zero-order valence-electron chi connectivity index (χ0n) is 14.1. The molecule has 0 aliphatic rings. The monoisotopic (exact) mass is 323 g/mol. The molecule has 0 aliphatic carbocycles. The van der Waals surface area contributed by atoms with Crippen molar-refractivity contribution in [2.24, 2.45) is 0 Å². The largest absolute Gasteiger partial charge is 0.516 e. The van der Waals surface area contributed by atoms with Crippen molar-refractivity contribution >= 4 is 26.1 Å². The number of anilines is 1. The third-order valence-electron chi connectivity index (χ3n) is 3.80. The van der Waals surface area contributed by atoms with E-state index in [9.17, 15) is 9.59 Å². The van der Waals surface area contributed by atoms with Crippen LogP contribution in [0.1, 0.15) is 38.1 Å². The molecule has 0 aliphatic heterocycles. The van der Waals surface area contributed by atoms with Gasteiger partial charge in [0.2, 0.25) is 0 Å². The van der Waals surface area contributed by atoms with E-state index in [2.05, 4.69) is 26.1 Å². The van der Waals surface area contributed by atoms with Crippen molar-refractivity contribution in [2.75, 3.05) is 11.9 Å². The second-order valence-corrected chi connectivity index (χ2v) is 11.3. The predicted molar refractivity (Wildman–Crippen MR) is 89.7 cm³/mol. The molecule has 1 rings (SSSR count). The van der Waals surface area contributed by atoms with Crippen LogP contribution in [0.25, 0.3) is 0 Å². The number of carbonyl (C=O) groups excluding carboxylic acids is 2. The molecule has 22 heavy (non-hydrogen) atoms. The summed E-state index contributed by atoms with van der Waals surface area (Å²) in [5.74, 6) is -0.325. The van der Waals surface area contributed by atoms with Crippen LogP contribution in [0.2, 0.25) is 18.1 Å². The average molecular weight is 323 g/mol. The van der Waals surface area contributed by atoms with Crippen LogP contribution in [0.5, 0.6) is 0 Å². The van der Waals surface area contributed by atoms with Crippen LogP contribution in [0.3, 0.4) is 0 Å². The van der Waals surface area contributed by atoms with Gasteiger partial charge in [0, 0.05) is 5.69 Å². The second kappa shape index (κ2) is 6.96. The Bertz CT molecular complexity index is 532. The average Bonchev–Trinajstić information content (AvgIpc) is 2.37. The quantitative estimate of drug-likeness (QED) is 0.833. The van der Waals surface area contributed by atoms with Gasteiger partial charge < -0.3 is 9.16 Å². The van der Waals surface area contributed by atoms with Crippen LogP contribution >= 0.6 is 0 Å². The predicted octanol–water partition coefficient (Wildman–Crippen LogP) is 4.42. The number of rotatable bonds is 4. The van der Waals surface area contributed by atoms with Crippen LogP contribution in [0.4, 0.5) is 10.5 Å². The summed E-state index contributed by atoms with van der Waals surface area (Å²) in [4.78, 5) is 23.6. The fourth-order valence-corrected chi connectivity index (χ4v) is 2.31. The van der Waals surface area contributed by atoms with Gasteiger partial charge in [-0.25, -0.2) is 9.59 Å². The smallest absolute Gasteiger partial charge is 0.411 e. The van der Waals surface area contributed by atoms with Crippen molar-refractivity contribution in [3.05, 3.63) is 29.8 Å². The van der Waals surface area contributed by atoms with E-state index in [1.165, 1.54) is 0 Å². The summed E-state index contributed by atoms with van der Waals surface area (Å²) in [7, 11) is -2.14. The molecule has 0 heterocycles. The molecule has 1 amide bonds. The van der Waals surface area contributed by atoms with Gasteiger partial charge in [0.15, 0.2) is 0 Å². The SMILES string of the molecule is CCOC(=O)Nc1ccc(C(=O)O[Si](C)(C)C(C)(C)C)cc1. The molecule has 0 spiro atoms. The molecule has 0 aromatic heterocycles. The summed E-state index contributed by atoms with van der Waals surface area (Å²) in [5, 5.41) is 2.54. The molecule has 0 atom stereocenters. The first-order valence-corrected chi connectivity index (χ1v) is 10.2. The van der Waals surface area contributed by atoms with Gasteiger partial charge >= 0.3 is 12.1 Å². The molecule has 1 aromatic rings. The summed E-state index contributed by atoms with van der Waals surface area (Å²) < 4.78 is 10.5. The lowest BCUT2D eigenvalue weighted by atomic mass is 10.2. The van der Waals surface area contributed by atoms with Crippen molar-refractivity contribution in [1.29, 1.82) is 0 Å². The second-order valence-electron chi connectivity index (χ2n) is 6.57. The first-order chi connectivity index (χ1) is 10.1. The molecule has 6 heteroatoms. The number of hydrogen-bond acceptors (Lipinski definition) is 4. The van der Waals surface area contributed by atoms with Crippen LogP contribution in [0.15, 0.2) is 24.3 Å². The van der Waals surface area contributed by atoms with Gasteiger partial charge in [-0.05, 0) is 49.3 Å². The maximum Gasteiger partial charge on any atom is 0.411 e. The maximum absolute atomic E-state index is 12.2. The van der Waals surface area contributed by atoms with Crippen LogP contribution < -0.4 is 5.32 Å². The molecule has 1 N–H and O–H groups in total. The molecule has 0 fully saturated rings. The van der Waals surface area contributed by atoms with E-state index in [1.54, 1.807) is 31.2 Å². The van der Waals surface area contributed by atoms with Gasteiger partial charge in [-0.3, -0.25) is 5.32 Å². The third-order valence-corrected chi connectivity index (χ3v) is 8.10. The van der Waals surface area contributed by atoms with E-state index in [0.29, 0.717) is 17.9 Å². The van der Waals surface area contributed by atoms with Crippen molar-refractivity contribution in [2.45, 2.75) is 45.8 Å². The standard InChI is InChI=1S/C16H25NO4Si/c1-7-20-15(19)17-13-10-8-12(9-11-13)14(18)21-22(5,6)16(2,3)4/h8-11H,7H2,1-6H3,(H,17,19). The Balaban J connectivity index is 2.74. The number of carbonyl (C=O) groups is 2. The van der Waals surface area contributed by atoms with E-state index in [4.69, 9.17) is 9.16 Å². The highest BCUT2D eigenvalue weighted by atomic mass is 28.4. The van der Waals surface area contributed by atoms with Crippen molar-refractivity contribution in [1.82, 2.24) is 0 Å². The minimum atomic E-state index is -2.14. The zero-order valence-corrected chi connectivity index (χ0v) is 15.1. The van der Waals surface area contributed by atoms with Gasteiger partial charge in [-0.1, -0.05) is 20.8 Å². The lowest BCUT2D eigenvalue weighted by Gasteiger charge is -2.35. The molecule has 5 nitrogen and oxygen atoms in total. The van der Waals surface area contributed by atoms with E-state index < -0.39 is 14.4 Å². The summed E-state index contributed by atoms with van der Waals surface area (Å²) in [6.45, 7) is 12.3. The molecular weight excluding hydrogens is 298 g/mol. The fourth-order valence-electron chi connectivity index (χ4n) is 1.42. The van der Waals surface area contributed by atoms with Gasteiger partial charge in [0.1, 0.15) is 0 Å². The van der Waals surface area contributed by atoms with Crippen LogP contribution in [-0.4, -0.2) is 27.0 Å². The van der Waals surface area contributed by atoms with Gasteiger partial charge in [-0.15, -0.1) is 0 Å². The van der Waals surface area contributed by atoms with E-state index >= 15 is 0 Å². The normalized spacial score (nSPS) is 11.7. The minimum absolute atomic E-state index is 0.0337. The Morgan fingerprint density at radius 3 is 2.14 bits per heavy atom. The summed E-state index contributed by atoms with van der Waals surface area (Å²) in [6, 6.07) is 6.58. The molecule has 0 bridgehead atoms. The first kappa shape index (κ1) is 18.2.